The molecule has 0 saturated carbocycles. The first-order valence-electron chi connectivity index (χ1n) is 6.00. The first kappa shape index (κ1) is 15.0. The van der Waals surface area contributed by atoms with Gasteiger partial charge in [-0.15, -0.1) is 0 Å². The number of rotatable bonds is 5. The Morgan fingerprint density at radius 3 is 2.62 bits per heavy atom. The average molecular weight is 297 g/mol. The smallest absolute Gasteiger partial charge is 0.387 e. The number of carbonyl (C=O) groups excluding carboxylic acids is 1. The summed E-state index contributed by atoms with van der Waals surface area (Å²) in [6.07, 6.45) is 0. The lowest BCUT2D eigenvalue weighted by Crippen LogP contribution is -2.14. The summed E-state index contributed by atoms with van der Waals surface area (Å²) in [6.45, 7) is -2.96. The van der Waals surface area contributed by atoms with E-state index in [0.29, 0.717) is 5.56 Å². The third-order valence-corrected chi connectivity index (χ3v) is 2.79. The normalized spacial score (nSPS) is 12.2. The van der Waals surface area contributed by atoms with Gasteiger partial charge in [-0.05, 0) is 18.2 Å². The maximum absolute atomic E-state index is 12.4. The van der Waals surface area contributed by atoms with E-state index in [4.69, 9.17) is 10.2 Å². The van der Waals surface area contributed by atoms with Gasteiger partial charge in [0.2, 0.25) is 5.76 Å². The van der Waals surface area contributed by atoms with Crippen molar-refractivity contribution in [3.8, 4) is 5.75 Å². The van der Waals surface area contributed by atoms with Crippen LogP contribution in [0.3, 0.4) is 0 Å². The van der Waals surface area contributed by atoms with Gasteiger partial charge in [0.05, 0.1) is 13.2 Å². The van der Waals surface area contributed by atoms with Gasteiger partial charge < -0.3 is 19.6 Å². The van der Waals surface area contributed by atoms with Gasteiger partial charge in [0.1, 0.15) is 11.5 Å². The molecule has 0 aliphatic heterocycles. The van der Waals surface area contributed by atoms with Crippen molar-refractivity contribution in [2.45, 2.75) is 12.7 Å². The monoisotopic (exact) mass is 297 g/mol. The van der Waals surface area contributed by atoms with E-state index in [-0.39, 0.29) is 17.3 Å². The molecule has 0 fully saturated rings. The lowest BCUT2D eigenvalue weighted by atomic mass is 10.0. The fourth-order valence-corrected chi connectivity index (χ4v) is 1.82. The van der Waals surface area contributed by atoms with Gasteiger partial charge in [0.25, 0.3) is 0 Å². The van der Waals surface area contributed by atoms with E-state index in [0.717, 1.165) is 0 Å². The van der Waals surface area contributed by atoms with Crippen molar-refractivity contribution < 1.29 is 27.5 Å². The molecule has 1 aromatic heterocycles. The summed E-state index contributed by atoms with van der Waals surface area (Å²) in [5, 5.41) is 0. The van der Waals surface area contributed by atoms with Crippen LogP contribution in [-0.4, -0.2) is 19.7 Å². The number of nitrogens with two attached hydrogens (primary N) is 1. The highest BCUT2D eigenvalue weighted by atomic mass is 19.3. The molecule has 1 atom stereocenters. The van der Waals surface area contributed by atoms with Crippen LogP contribution in [0.4, 0.5) is 8.78 Å². The van der Waals surface area contributed by atoms with Gasteiger partial charge in [-0.1, -0.05) is 18.2 Å². The number of halogens is 2. The molecule has 0 aliphatic rings. The molecular formula is C14H13F2NO4. The molecular weight excluding hydrogens is 284 g/mol. The Labute approximate surface area is 119 Å². The summed E-state index contributed by atoms with van der Waals surface area (Å²) in [7, 11) is 1.22. The number of alkyl halides is 2. The number of furan rings is 1. The second-order valence-corrected chi connectivity index (χ2v) is 4.09. The minimum absolute atomic E-state index is 0.0183. The second kappa shape index (κ2) is 6.36. The zero-order valence-electron chi connectivity index (χ0n) is 11.1. The minimum Gasteiger partial charge on any atom is -0.463 e. The number of para-hydroxylation sites is 1. The Kier molecular flexibility index (Phi) is 4.54. The Morgan fingerprint density at radius 1 is 1.24 bits per heavy atom. The van der Waals surface area contributed by atoms with Crippen molar-refractivity contribution in [2.75, 3.05) is 7.11 Å². The van der Waals surface area contributed by atoms with Crippen LogP contribution in [-0.2, 0) is 4.74 Å². The van der Waals surface area contributed by atoms with Gasteiger partial charge in [-0.2, -0.15) is 8.78 Å². The molecule has 0 bridgehead atoms. The third-order valence-electron chi connectivity index (χ3n) is 2.79. The van der Waals surface area contributed by atoms with Crippen LogP contribution in [0.5, 0.6) is 5.75 Å². The summed E-state index contributed by atoms with van der Waals surface area (Å²) in [4.78, 5) is 11.3. The third kappa shape index (κ3) is 3.38. The Hall–Kier alpha value is -2.41. The SMILES string of the molecule is COC(=O)c1ccc(C(N)c2ccccc2OC(F)F)o1. The predicted molar refractivity (Wildman–Crippen MR) is 69.2 cm³/mol. The van der Waals surface area contributed by atoms with Crippen molar-refractivity contribution in [1.29, 1.82) is 0 Å². The summed E-state index contributed by atoms with van der Waals surface area (Å²) in [5.74, 6) is -0.475. The number of hydrogen-bond acceptors (Lipinski definition) is 5. The van der Waals surface area contributed by atoms with Crippen LogP contribution < -0.4 is 10.5 Å². The highest BCUT2D eigenvalue weighted by molar-refractivity contribution is 5.86. The van der Waals surface area contributed by atoms with Gasteiger partial charge in [0, 0.05) is 5.56 Å². The molecule has 1 heterocycles. The first-order chi connectivity index (χ1) is 10.0. The highest BCUT2D eigenvalue weighted by Gasteiger charge is 2.21. The summed E-state index contributed by atoms with van der Waals surface area (Å²) in [6, 6.07) is 8.15. The van der Waals surface area contributed by atoms with Crippen molar-refractivity contribution in [3.05, 3.63) is 53.5 Å². The van der Waals surface area contributed by atoms with Gasteiger partial charge in [0.15, 0.2) is 0 Å². The lowest BCUT2D eigenvalue weighted by molar-refractivity contribution is -0.0505. The van der Waals surface area contributed by atoms with E-state index in [1.165, 1.54) is 25.3 Å². The van der Waals surface area contributed by atoms with E-state index in [1.807, 2.05) is 0 Å². The molecule has 21 heavy (non-hydrogen) atoms. The Bertz CT molecular complexity index is 627. The van der Waals surface area contributed by atoms with E-state index < -0.39 is 18.6 Å². The number of benzene rings is 1. The van der Waals surface area contributed by atoms with Crippen molar-refractivity contribution in [1.82, 2.24) is 0 Å². The number of hydrogen-bond donors (Lipinski definition) is 1. The maximum atomic E-state index is 12.4. The van der Waals surface area contributed by atoms with E-state index >= 15 is 0 Å². The van der Waals surface area contributed by atoms with E-state index in [9.17, 15) is 13.6 Å². The van der Waals surface area contributed by atoms with Crippen LogP contribution in [0.1, 0.15) is 27.9 Å². The van der Waals surface area contributed by atoms with E-state index in [2.05, 4.69) is 9.47 Å². The second-order valence-electron chi connectivity index (χ2n) is 4.09. The van der Waals surface area contributed by atoms with Crippen LogP contribution in [0.15, 0.2) is 40.8 Å². The maximum Gasteiger partial charge on any atom is 0.387 e. The van der Waals surface area contributed by atoms with Crippen molar-refractivity contribution in [2.24, 2.45) is 5.73 Å². The number of methoxy groups -OCH3 is 1. The quantitative estimate of drug-likeness (QED) is 0.859. The van der Waals surface area contributed by atoms with Gasteiger partial charge in [-0.25, -0.2) is 4.79 Å². The molecule has 0 amide bonds. The van der Waals surface area contributed by atoms with Crippen LogP contribution in [0.2, 0.25) is 0 Å². The van der Waals surface area contributed by atoms with Crippen LogP contribution in [0.25, 0.3) is 0 Å². The van der Waals surface area contributed by atoms with Crippen molar-refractivity contribution >= 4 is 5.97 Å². The summed E-state index contributed by atoms with van der Waals surface area (Å²) < 4.78 is 38.9. The zero-order valence-corrected chi connectivity index (χ0v) is 11.1. The molecule has 112 valence electrons. The molecule has 1 unspecified atom stereocenters. The largest absolute Gasteiger partial charge is 0.463 e. The number of ether oxygens (including phenoxy) is 2. The van der Waals surface area contributed by atoms with E-state index in [1.54, 1.807) is 18.2 Å². The molecule has 5 nitrogen and oxygen atoms in total. The average Bonchev–Trinajstić information content (AvgIpc) is 2.95. The molecule has 0 radical (unpaired) electrons. The topological polar surface area (TPSA) is 74.7 Å². The molecule has 1 aromatic carbocycles. The number of esters is 1. The molecule has 2 rings (SSSR count). The van der Waals surface area contributed by atoms with Crippen LogP contribution in [0, 0.1) is 0 Å². The predicted octanol–water partition coefficient (Wildman–Crippen LogP) is 2.72. The zero-order chi connectivity index (χ0) is 15.4. The number of carbonyl (C=O) groups is 1. The fourth-order valence-electron chi connectivity index (χ4n) is 1.82. The summed E-state index contributed by atoms with van der Waals surface area (Å²) >= 11 is 0. The van der Waals surface area contributed by atoms with Crippen LogP contribution >= 0.6 is 0 Å². The molecule has 0 aliphatic carbocycles. The minimum atomic E-state index is -2.96. The Balaban J connectivity index is 2.29. The Morgan fingerprint density at radius 2 is 1.95 bits per heavy atom. The lowest BCUT2D eigenvalue weighted by Gasteiger charge is -2.14. The van der Waals surface area contributed by atoms with Crippen molar-refractivity contribution in [3.63, 3.8) is 0 Å². The van der Waals surface area contributed by atoms with Gasteiger partial charge >= 0.3 is 12.6 Å². The van der Waals surface area contributed by atoms with Gasteiger partial charge in [-0.3, -0.25) is 0 Å². The fraction of sp³-hybridized carbons (Fsp3) is 0.214. The summed E-state index contributed by atoms with van der Waals surface area (Å²) in [5.41, 5.74) is 6.30. The molecule has 0 saturated heterocycles. The standard InChI is InChI=1S/C14H13F2NO4/c1-19-13(18)11-7-6-10(20-11)12(17)8-4-2-3-5-9(8)21-14(15)16/h2-7,12,14H,17H2,1H3. The first-order valence-corrected chi connectivity index (χ1v) is 6.00. The highest BCUT2D eigenvalue weighted by Crippen LogP contribution is 2.30. The molecule has 2 N–H and O–H groups in total. The molecule has 7 heteroatoms. The molecule has 2 aromatic rings. The molecule has 0 spiro atoms.